The van der Waals surface area contributed by atoms with E-state index < -0.39 is 0 Å². The van der Waals surface area contributed by atoms with Crippen molar-refractivity contribution in [3.05, 3.63) is 29.3 Å². The van der Waals surface area contributed by atoms with E-state index in [0.717, 1.165) is 18.5 Å². The molecule has 3 N–H and O–H groups in total. The van der Waals surface area contributed by atoms with Gasteiger partial charge in [0.2, 0.25) is 0 Å². The summed E-state index contributed by atoms with van der Waals surface area (Å²) in [6, 6.07) is 5.63. The Morgan fingerprint density at radius 2 is 2.11 bits per heavy atom. The number of hydrogen-bond acceptors (Lipinski definition) is 3. The molecular weight excluding hydrogens is 226 g/mol. The highest BCUT2D eigenvalue weighted by Crippen LogP contribution is 2.18. The summed E-state index contributed by atoms with van der Waals surface area (Å²) < 4.78 is 0. The molecule has 0 bridgehead atoms. The summed E-state index contributed by atoms with van der Waals surface area (Å²) in [5.74, 6) is 6.03. The van der Waals surface area contributed by atoms with Gasteiger partial charge in [-0.05, 0) is 31.4 Å². The van der Waals surface area contributed by atoms with Gasteiger partial charge in [-0.3, -0.25) is 10.6 Å². The predicted octanol–water partition coefficient (Wildman–Crippen LogP) is 2.40. The van der Waals surface area contributed by atoms with Crippen LogP contribution in [0, 0.1) is 12.8 Å². The zero-order valence-corrected chi connectivity index (χ0v) is 11.7. The van der Waals surface area contributed by atoms with E-state index in [-0.39, 0.29) is 5.91 Å². The predicted molar refractivity (Wildman–Crippen MR) is 75.4 cm³/mol. The lowest BCUT2D eigenvalue weighted by atomic mass is 10.1. The molecule has 4 heteroatoms. The van der Waals surface area contributed by atoms with Gasteiger partial charge in [0.25, 0.3) is 5.91 Å². The topological polar surface area (TPSA) is 58.4 Å². The number of nitrogens with one attached hydrogen (secondary N) is 1. The van der Waals surface area contributed by atoms with Crippen LogP contribution in [0.25, 0.3) is 0 Å². The molecule has 100 valence electrons. The number of anilines is 1. The molecule has 0 saturated heterocycles. The molecule has 1 aromatic carbocycles. The van der Waals surface area contributed by atoms with E-state index in [1.165, 1.54) is 0 Å². The normalized spacial score (nSPS) is 10.6. The number of rotatable bonds is 5. The minimum atomic E-state index is 0.00676. The number of hydrazine groups is 1. The van der Waals surface area contributed by atoms with Crippen LogP contribution < -0.4 is 11.3 Å². The van der Waals surface area contributed by atoms with E-state index in [1.807, 2.05) is 32.2 Å². The first-order valence-corrected chi connectivity index (χ1v) is 6.28. The van der Waals surface area contributed by atoms with Crippen molar-refractivity contribution in [2.45, 2.75) is 27.2 Å². The van der Waals surface area contributed by atoms with Crippen molar-refractivity contribution < 1.29 is 4.79 Å². The van der Waals surface area contributed by atoms with Gasteiger partial charge in [0.05, 0.1) is 11.3 Å². The van der Waals surface area contributed by atoms with Gasteiger partial charge in [0, 0.05) is 13.6 Å². The molecule has 0 aliphatic heterocycles. The number of carbonyl (C=O) groups excluding carboxylic acids is 1. The molecule has 0 aromatic heterocycles. The molecule has 1 amide bonds. The molecule has 0 fully saturated rings. The standard InChI is InChI=1S/C14H23N3O/c1-10(2)7-8-17(4)14(18)12-9-11(3)5-6-13(12)16-15/h5-6,9-10,16H,7-8,15H2,1-4H3. The highest BCUT2D eigenvalue weighted by Gasteiger charge is 2.15. The van der Waals surface area contributed by atoms with E-state index in [9.17, 15) is 4.79 Å². The van der Waals surface area contributed by atoms with Crippen LogP contribution >= 0.6 is 0 Å². The van der Waals surface area contributed by atoms with Gasteiger partial charge in [-0.15, -0.1) is 0 Å². The number of carbonyl (C=O) groups is 1. The van der Waals surface area contributed by atoms with Gasteiger partial charge >= 0.3 is 0 Å². The Kier molecular flexibility index (Phi) is 5.16. The van der Waals surface area contributed by atoms with Crippen molar-refractivity contribution in [1.82, 2.24) is 4.90 Å². The molecule has 1 rings (SSSR count). The fourth-order valence-corrected chi connectivity index (χ4v) is 1.72. The summed E-state index contributed by atoms with van der Waals surface area (Å²) in [6.45, 7) is 7.02. The van der Waals surface area contributed by atoms with Crippen molar-refractivity contribution in [2.75, 3.05) is 19.0 Å². The lowest BCUT2D eigenvalue weighted by molar-refractivity contribution is 0.0790. The first-order chi connectivity index (χ1) is 8.45. The summed E-state index contributed by atoms with van der Waals surface area (Å²) in [7, 11) is 1.83. The van der Waals surface area contributed by atoms with Crippen LogP contribution in [0.15, 0.2) is 18.2 Å². The number of nitrogens with two attached hydrogens (primary N) is 1. The number of benzene rings is 1. The number of nitrogen functional groups attached to an aromatic ring is 1. The van der Waals surface area contributed by atoms with Crippen LogP contribution in [-0.2, 0) is 0 Å². The van der Waals surface area contributed by atoms with Crippen molar-refractivity contribution in [3.63, 3.8) is 0 Å². The zero-order valence-electron chi connectivity index (χ0n) is 11.7. The van der Waals surface area contributed by atoms with Crippen LogP contribution in [-0.4, -0.2) is 24.4 Å². The maximum atomic E-state index is 12.3. The molecule has 0 saturated carbocycles. The molecule has 1 aromatic rings. The summed E-state index contributed by atoms with van der Waals surface area (Å²) in [4.78, 5) is 14.1. The van der Waals surface area contributed by atoms with E-state index >= 15 is 0 Å². The first kappa shape index (κ1) is 14.5. The number of aryl methyl sites for hydroxylation is 1. The third-order valence-electron chi connectivity index (χ3n) is 2.95. The van der Waals surface area contributed by atoms with E-state index in [0.29, 0.717) is 17.2 Å². The van der Waals surface area contributed by atoms with Crippen molar-refractivity contribution >= 4 is 11.6 Å². The largest absolute Gasteiger partial charge is 0.342 e. The first-order valence-electron chi connectivity index (χ1n) is 6.28. The molecule has 0 atom stereocenters. The van der Waals surface area contributed by atoms with Crippen LogP contribution in [0.4, 0.5) is 5.69 Å². The van der Waals surface area contributed by atoms with Gasteiger partial charge < -0.3 is 10.3 Å². The molecule has 0 heterocycles. The molecule has 0 unspecified atom stereocenters. The average molecular weight is 249 g/mol. The van der Waals surface area contributed by atoms with Crippen LogP contribution in [0.2, 0.25) is 0 Å². The number of nitrogens with zero attached hydrogens (tertiary/aromatic N) is 1. The fourth-order valence-electron chi connectivity index (χ4n) is 1.72. The summed E-state index contributed by atoms with van der Waals surface area (Å²) in [5.41, 5.74) is 4.92. The van der Waals surface area contributed by atoms with Crippen molar-refractivity contribution in [2.24, 2.45) is 11.8 Å². The lowest BCUT2D eigenvalue weighted by Gasteiger charge is -2.20. The third kappa shape index (κ3) is 3.74. The number of amides is 1. The van der Waals surface area contributed by atoms with Crippen LogP contribution in [0.3, 0.4) is 0 Å². The average Bonchev–Trinajstić information content (AvgIpc) is 2.34. The molecule has 0 aliphatic rings. The van der Waals surface area contributed by atoms with E-state index in [2.05, 4.69) is 19.3 Å². The minimum Gasteiger partial charge on any atom is -0.342 e. The third-order valence-corrected chi connectivity index (χ3v) is 2.95. The Morgan fingerprint density at radius 1 is 1.44 bits per heavy atom. The van der Waals surface area contributed by atoms with Crippen molar-refractivity contribution in [1.29, 1.82) is 0 Å². The highest BCUT2D eigenvalue weighted by molar-refractivity contribution is 5.99. The minimum absolute atomic E-state index is 0.00676. The molecule has 18 heavy (non-hydrogen) atoms. The molecule has 0 spiro atoms. The Bertz CT molecular complexity index is 416. The fraction of sp³-hybridized carbons (Fsp3) is 0.500. The quantitative estimate of drug-likeness (QED) is 0.622. The van der Waals surface area contributed by atoms with Gasteiger partial charge in [-0.25, -0.2) is 0 Å². The van der Waals surface area contributed by atoms with Gasteiger partial charge in [-0.2, -0.15) is 0 Å². The van der Waals surface area contributed by atoms with Crippen LogP contribution in [0.5, 0.6) is 0 Å². The Morgan fingerprint density at radius 3 is 2.67 bits per heavy atom. The van der Waals surface area contributed by atoms with Gasteiger partial charge in [0.1, 0.15) is 0 Å². The summed E-state index contributed by atoms with van der Waals surface area (Å²) in [6.07, 6.45) is 0.999. The molecule has 0 radical (unpaired) electrons. The SMILES string of the molecule is Cc1ccc(NN)c(C(=O)N(C)CCC(C)C)c1. The maximum absolute atomic E-state index is 12.3. The Hall–Kier alpha value is -1.55. The second-order valence-corrected chi connectivity index (χ2v) is 5.10. The maximum Gasteiger partial charge on any atom is 0.255 e. The van der Waals surface area contributed by atoms with Crippen LogP contribution in [0.1, 0.15) is 36.2 Å². The monoisotopic (exact) mass is 249 g/mol. The Labute approximate surface area is 109 Å². The number of hydrogen-bond donors (Lipinski definition) is 2. The second-order valence-electron chi connectivity index (χ2n) is 5.10. The molecule has 0 aliphatic carbocycles. The zero-order chi connectivity index (χ0) is 13.7. The van der Waals surface area contributed by atoms with Gasteiger partial charge in [-0.1, -0.05) is 25.5 Å². The molecular formula is C14H23N3O. The van der Waals surface area contributed by atoms with E-state index in [4.69, 9.17) is 5.84 Å². The Balaban J connectivity index is 2.85. The van der Waals surface area contributed by atoms with E-state index in [1.54, 1.807) is 4.90 Å². The van der Waals surface area contributed by atoms with Crippen molar-refractivity contribution in [3.8, 4) is 0 Å². The summed E-state index contributed by atoms with van der Waals surface area (Å²) in [5, 5.41) is 0. The lowest BCUT2D eigenvalue weighted by Crippen LogP contribution is -2.29. The molecule has 4 nitrogen and oxygen atoms in total. The smallest absolute Gasteiger partial charge is 0.255 e. The highest BCUT2D eigenvalue weighted by atomic mass is 16.2. The van der Waals surface area contributed by atoms with Gasteiger partial charge in [0.15, 0.2) is 0 Å². The summed E-state index contributed by atoms with van der Waals surface area (Å²) >= 11 is 0. The second kappa shape index (κ2) is 6.40.